The molecule has 2 aromatic carbocycles. The summed E-state index contributed by atoms with van der Waals surface area (Å²) >= 11 is 0. The minimum absolute atomic E-state index is 0.215. The van der Waals surface area contributed by atoms with Crippen LogP contribution in [0.5, 0.6) is 0 Å². The molecule has 0 aliphatic heterocycles. The van der Waals surface area contributed by atoms with E-state index < -0.39 is 0 Å². The molecule has 7 rings (SSSR count). The lowest BCUT2D eigenvalue weighted by Crippen LogP contribution is -2.26. The van der Waals surface area contributed by atoms with E-state index in [4.69, 9.17) is 0 Å². The Hall–Kier alpha value is -2.08. The third-order valence-electron chi connectivity index (χ3n) is 11.9. The second-order valence-electron chi connectivity index (χ2n) is 14.5. The number of fused-ring (bicyclic) bond motifs is 7. The Morgan fingerprint density at radius 1 is 0.564 bits per heavy atom. The van der Waals surface area contributed by atoms with Crippen molar-refractivity contribution in [3.63, 3.8) is 0 Å². The Morgan fingerprint density at radius 3 is 1.46 bits per heavy atom. The van der Waals surface area contributed by atoms with Gasteiger partial charge in [-0.15, -0.1) is 0 Å². The SMILES string of the molecule is Cc1ccc2c(c1)C(CCCCCC1CC3C=CC1C3)(CCCCCC1CC3C=CC1C3)c1cc(C)ccc1-2. The fourth-order valence-electron chi connectivity index (χ4n) is 9.86. The second-order valence-corrected chi connectivity index (χ2v) is 14.5. The van der Waals surface area contributed by atoms with Gasteiger partial charge >= 0.3 is 0 Å². The summed E-state index contributed by atoms with van der Waals surface area (Å²) < 4.78 is 0. The van der Waals surface area contributed by atoms with E-state index in [-0.39, 0.29) is 5.41 Å². The van der Waals surface area contributed by atoms with Gasteiger partial charge in [-0.1, -0.05) is 110 Å². The van der Waals surface area contributed by atoms with Gasteiger partial charge in [-0.3, -0.25) is 0 Å². The summed E-state index contributed by atoms with van der Waals surface area (Å²) in [6.07, 6.45) is 29.9. The van der Waals surface area contributed by atoms with Crippen molar-refractivity contribution in [3.8, 4) is 11.1 Å². The van der Waals surface area contributed by atoms with Crippen LogP contribution in [0.15, 0.2) is 60.7 Å². The van der Waals surface area contributed by atoms with Gasteiger partial charge < -0.3 is 0 Å². The average Bonchev–Trinajstić information content (AvgIpc) is 3.76. The van der Waals surface area contributed by atoms with Crippen LogP contribution in [0.25, 0.3) is 11.1 Å². The monoisotopic (exact) mass is 518 g/mol. The van der Waals surface area contributed by atoms with Crippen molar-refractivity contribution < 1.29 is 0 Å². The van der Waals surface area contributed by atoms with Gasteiger partial charge in [0.25, 0.3) is 0 Å². The lowest BCUT2D eigenvalue weighted by Gasteiger charge is -2.33. The maximum Gasteiger partial charge on any atom is 0.0215 e. The van der Waals surface area contributed by atoms with Crippen LogP contribution in [-0.2, 0) is 5.41 Å². The van der Waals surface area contributed by atoms with Crippen molar-refractivity contribution in [3.05, 3.63) is 83.0 Å². The predicted octanol–water partition coefficient (Wildman–Crippen LogP) is 10.9. The van der Waals surface area contributed by atoms with Crippen molar-refractivity contribution in [1.82, 2.24) is 0 Å². The van der Waals surface area contributed by atoms with Crippen molar-refractivity contribution in [2.75, 3.05) is 0 Å². The molecule has 0 heteroatoms. The third-order valence-corrected chi connectivity index (χ3v) is 11.9. The fraction of sp³-hybridized carbons (Fsp3) is 0.590. The lowest BCUT2D eigenvalue weighted by atomic mass is 9.70. The van der Waals surface area contributed by atoms with Gasteiger partial charge in [-0.05, 0) is 123 Å². The van der Waals surface area contributed by atoms with Gasteiger partial charge in [0.05, 0.1) is 0 Å². The Morgan fingerprint density at radius 2 is 1.05 bits per heavy atom. The number of hydrogen-bond donors (Lipinski definition) is 0. The zero-order valence-corrected chi connectivity index (χ0v) is 24.6. The van der Waals surface area contributed by atoms with Crippen LogP contribution >= 0.6 is 0 Å². The first kappa shape index (κ1) is 25.9. The molecule has 0 spiro atoms. The topological polar surface area (TPSA) is 0 Å². The van der Waals surface area contributed by atoms with Gasteiger partial charge in [0.1, 0.15) is 0 Å². The minimum atomic E-state index is 0.215. The molecule has 0 heterocycles. The molecule has 6 atom stereocenters. The van der Waals surface area contributed by atoms with Gasteiger partial charge in [0, 0.05) is 5.41 Å². The van der Waals surface area contributed by atoms with Crippen molar-refractivity contribution in [1.29, 1.82) is 0 Å². The highest BCUT2D eigenvalue weighted by atomic mass is 14.5. The summed E-state index contributed by atoms with van der Waals surface area (Å²) in [5, 5.41) is 0. The van der Waals surface area contributed by atoms with E-state index in [2.05, 4.69) is 74.5 Å². The summed E-state index contributed by atoms with van der Waals surface area (Å²) in [4.78, 5) is 0. The predicted molar refractivity (Wildman–Crippen MR) is 166 cm³/mol. The highest BCUT2D eigenvalue weighted by Crippen LogP contribution is 2.55. The van der Waals surface area contributed by atoms with E-state index in [0.717, 1.165) is 35.5 Å². The molecule has 2 aromatic rings. The quantitative estimate of drug-likeness (QED) is 0.194. The van der Waals surface area contributed by atoms with Crippen LogP contribution in [0.2, 0.25) is 0 Å². The van der Waals surface area contributed by atoms with Crippen molar-refractivity contribution >= 4 is 0 Å². The Labute approximate surface area is 238 Å². The van der Waals surface area contributed by atoms with Gasteiger partial charge in [-0.25, -0.2) is 0 Å². The van der Waals surface area contributed by atoms with Crippen molar-refractivity contribution in [2.24, 2.45) is 35.5 Å². The molecule has 0 N–H and O–H groups in total. The smallest absolute Gasteiger partial charge is 0.0215 e. The molecule has 0 amide bonds. The highest BCUT2D eigenvalue weighted by Gasteiger charge is 2.42. The van der Waals surface area contributed by atoms with Gasteiger partial charge in [-0.2, -0.15) is 0 Å². The molecule has 6 unspecified atom stereocenters. The van der Waals surface area contributed by atoms with E-state index in [1.807, 2.05) is 0 Å². The maximum absolute atomic E-state index is 2.56. The van der Waals surface area contributed by atoms with Gasteiger partial charge in [0.15, 0.2) is 0 Å². The van der Waals surface area contributed by atoms with Crippen LogP contribution in [0, 0.1) is 49.4 Å². The molecular weight excluding hydrogens is 468 g/mol. The Kier molecular flexibility index (Phi) is 7.11. The molecule has 5 aliphatic carbocycles. The molecule has 0 aromatic heterocycles. The number of aryl methyl sites for hydroxylation is 2. The molecule has 206 valence electrons. The number of allylic oxidation sites excluding steroid dienone is 4. The fourth-order valence-corrected chi connectivity index (χ4v) is 9.86. The standard InChI is InChI=1S/C39H50/c1-27-11-17-35-36-18-12-28(2)22-38(36)39(37(35)21-27,19-7-3-5-9-31-23-29-13-15-33(31)25-29)20-8-4-6-10-32-24-30-14-16-34(32)26-30/h11-18,21-22,29-34H,3-10,19-20,23-26H2,1-2H3. The molecular formula is C39H50. The Balaban J connectivity index is 1.04. The molecule has 0 nitrogen and oxygen atoms in total. The third kappa shape index (κ3) is 4.89. The van der Waals surface area contributed by atoms with Crippen LogP contribution in [-0.4, -0.2) is 0 Å². The maximum atomic E-state index is 2.56. The molecule has 0 saturated heterocycles. The first-order valence-electron chi connectivity index (χ1n) is 16.7. The molecule has 5 aliphatic rings. The van der Waals surface area contributed by atoms with Crippen LogP contribution in [0.4, 0.5) is 0 Å². The largest absolute Gasteiger partial charge is 0.0851 e. The lowest BCUT2D eigenvalue weighted by molar-refractivity contribution is 0.362. The van der Waals surface area contributed by atoms with E-state index >= 15 is 0 Å². The average molecular weight is 519 g/mol. The summed E-state index contributed by atoms with van der Waals surface area (Å²) in [5.74, 6) is 5.63. The number of unbranched alkanes of at least 4 members (excludes halogenated alkanes) is 4. The normalized spacial score (nSPS) is 30.4. The van der Waals surface area contributed by atoms with Crippen molar-refractivity contribution in [2.45, 2.75) is 109 Å². The highest BCUT2D eigenvalue weighted by molar-refractivity contribution is 5.81. The van der Waals surface area contributed by atoms with E-state index in [1.54, 1.807) is 11.1 Å². The first-order valence-corrected chi connectivity index (χ1v) is 16.7. The molecule has 39 heavy (non-hydrogen) atoms. The summed E-state index contributed by atoms with van der Waals surface area (Å²) in [5.41, 5.74) is 9.43. The molecule has 0 radical (unpaired) electrons. The minimum Gasteiger partial charge on any atom is -0.0851 e. The van der Waals surface area contributed by atoms with E-state index in [0.29, 0.717) is 0 Å². The molecule has 4 bridgehead atoms. The van der Waals surface area contributed by atoms with Crippen LogP contribution in [0.1, 0.15) is 112 Å². The summed E-state index contributed by atoms with van der Waals surface area (Å²) in [6, 6.07) is 14.7. The number of hydrogen-bond acceptors (Lipinski definition) is 0. The summed E-state index contributed by atoms with van der Waals surface area (Å²) in [7, 11) is 0. The zero-order chi connectivity index (χ0) is 26.4. The number of benzene rings is 2. The van der Waals surface area contributed by atoms with Gasteiger partial charge in [0.2, 0.25) is 0 Å². The zero-order valence-electron chi connectivity index (χ0n) is 24.6. The summed E-state index contributed by atoms with van der Waals surface area (Å²) in [6.45, 7) is 4.60. The van der Waals surface area contributed by atoms with Crippen LogP contribution < -0.4 is 0 Å². The van der Waals surface area contributed by atoms with E-state index in [9.17, 15) is 0 Å². The van der Waals surface area contributed by atoms with E-state index in [1.165, 1.54) is 112 Å². The Bertz CT molecular complexity index is 1150. The first-order chi connectivity index (χ1) is 19.1. The molecule has 2 saturated carbocycles. The second kappa shape index (κ2) is 10.7. The molecule has 2 fully saturated rings. The number of rotatable bonds is 12. The van der Waals surface area contributed by atoms with Crippen LogP contribution in [0.3, 0.4) is 0 Å².